The minimum Gasteiger partial charge on any atom is -0.494 e. The summed E-state index contributed by atoms with van der Waals surface area (Å²) in [5.74, 6) is -0.659. The molecule has 5 nitrogen and oxygen atoms in total. The van der Waals surface area contributed by atoms with Crippen LogP contribution in [-0.2, 0) is 9.59 Å². The van der Waals surface area contributed by atoms with Crippen molar-refractivity contribution in [3.05, 3.63) is 58.7 Å². The summed E-state index contributed by atoms with van der Waals surface area (Å²) in [4.78, 5) is 24.5. The second-order valence-corrected chi connectivity index (χ2v) is 6.50. The van der Waals surface area contributed by atoms with Gasteiger partial charge in [0.2, 0.25) is 0 Å². The van der Waals surface area contributed by atoms with Crippen LogP contribution < -0.4 is 15.4 Å². The predicted molar refractivity (Wildman–Crippen MR) is 103 cm³/mol. The summed E-state index contributed by atoms with van der Waals surface area (Å²) in [5.41, 5.74) is 4.56. The van der Waals surface area contributed by atoms with E-state index in [1.165, 1.54) is 0 Å². The lowest BCUT2D eigenvalue weighted by Gasteiger charge is -2.18. The van der Waals surface area contributed by atoms with Gasteiger partial charge < -0.3 is 15.4 Å². The minimum atomic E-state index is -0.688. The summed E-state index contributed by atoms with van der Waals surface area (Å²) in [6, 6.07) is 11.1. The highest BCUT2D eigenvalue weighted by molar-refractivity contribution is 6.39. The van der Waals surface area contributed by atoms with Crippen LogP contribution in [-0.4, -0.2) is 18.4 Å². The third-order valence-electron chi connectivity index (χ3n) is 3.97. The lowest BCUT2D eigenvalue weighted by molar-refractivity contribution is -0.136. The highest BCUT2D eigenvalue weighted by Gasteiger charge is 2.20. The summed E-state index contributed by atoms with van der Waals surface area (Å²) in [6.07, 6.45) is 0. The molecule has 0 saturated carbocycles. The molecule has 26 heavy (non-hydrogen) atoms. The van der Waals surface area contributed by atoms with Crippen LogP contribution in [0.25, 0.3) is 0 Å². The van der Waals surface area contributed by atoms with E-state index in [0.717, 1.165) is 22.3 Å². The smallest absolute Gasteiger partial charge is 0.313 e. The Morgan fingerprint density at radius 3 is 2.23 bits per heavy atom. The van der Waals surface area contributed by atoms with Gasteiger partial charge in [-0.15, -0.1) is 0 Å². The quantitative estimate of drug-likeness (QED) is 0.802. The number of aryl methyl sites for hydroxylation is 3. The standard InChI is InChI=1S/C21H26N2O3/c1-6-26-19-8-7-13(2)12-18(19)16(5)22-20(24)21(25)23-17-10-14(3)9-15(4)11-17/h7-12,16H,6H2,1-5H3,(H,22,24)(H,23,25). The monoisotopic (exact) mass is 354 g/mol. The van der Waals surface area contributed by atoms with E-state index in [1.54, 1.807) is 0 Å². The minimum absolute atomic E-state index is 0.353. The Morgan fingerprint density at radius 2 is 1.62 bits per heavy atom. The molecule has 2 amide bonds. The molecule has 2 aromatic carbocycles. The number of nitrogens with one attached hydrogen (secondary N) is 2. The molecule has 0 aliphatic carbocycles. The van der Waals surface area contributed by atoms with E-state index in [4.69, 9.17) is 4.74 Å². The Balaban J connectivity index is 2.08. The number of ether oxygens (including phenoxy) is 1. The second kappa shape index (κ2) is 8.52. The van der Waals surface area contributed by atoms with Gasteiger partial charge in [-0.3, -0.25) is 9.59 Å². The van der Waals surface area contributed by atoms with Crippen LogP contribution in [0.3, 0.4) is 0 Å². The fourth-order valence-corrected chi connectivity index (χ4v) is 2.87. The topological polar surface area (TPSA) is 67.4 Å². The number of hydrogen-bond donors (Lipinski definition) is 2. The number of amides is 2. The molecule has 1 unspecified atom stereocenters. The zero-order chi connectivity index (χ0) is 19.3. The van der Waals surface area contributed by atoms with Crippen molar-refractivity contribution in [2.75, 3.05) is 11.9 Å². The molecule has 1 atom stereocenters. The van der Waals surface area contributed by atoms with E-state index in [2.05, 4.69) is 10.6 Å². The van der Waals surface area contributed by atoms with Crippen molar-refractivity contribution in [2.24, 2.45) is 0 Å². The van der Waals surface area contributed by atoms with Crippen LogP contribution in [0.2, 0.25) is 0 Å². The number of rotatable bonds is 5. The van der Waals surface area contributed by atoms with Crippen LogP contribution in [0.15, 0.2) is 36.4 Å². The maximum absolute atomic E-state index is 12.3. The third-order valence-corrected chi connectivity index (χ3v) is 3.97. The van der Waals surface area contributed by atoms with Crippen LogP contribution in [0.4, 0.5) is 5.69 Å². The van der Waals surface area contributed by atoms with Gasteiger partial charge >= 0.3 is 11.8 Å². The zero-order valence-electron chi connectivity index (χ0n) is 16.0. The van der Waals surface area contributed by atoms with Crippen LogP contribution in [0.1, 0.15) is 42.1 Å². The molecule has 0 spiro atoms. The first kappa shape index (κ1) is 19.5. The molecule has 0 heterocycles. The van der Waals surface area contributed by atoms with Gasteiger partial charge in [0.05, 0.1) is 12.6 Å². The summed E-state index contributed by atoms with van der Waals surface area (Å²) < 4.78 is 5.63. The van der Waals surface area contributed by atoms with Crippen molar-refractivity contribution in [1.29, 1.82) is 0 Å². The average Bonchev–Trinajstić information content (AvgIpc) is 2.55. The molecule has 0 radical (unpaired) electrons. The Kier molecular flexibility index (Phi) is 6.39. The Hall–Kier alpha value is -2.82. The van der Waals surface area contributed by atoms with Crippen molar-refractivity contribution in [3.8, 4) is 5.75 Å². The average molecular weight is 354 g/mol. The van der Waals surface area contributed by atoms with Crippen LogP contribution in [0.5, 0.6) is 5.75 Å². The van der Waals surface area contributed by atoms with Crippen molar-refractivity contribution in [2.45, 2.75) is 40.7 Å². The Labute approximate surface area is 154 Å². The van der Waals surface area contributed by atoms with E-state index >= 15 is 0 Å². The second-order valence-electron chi connectivity index (χ2n) is 6.50. The number of carbonyl (C=O) groups excluding carboxylic acids is 2. The van der Waals surface area contributed by atoms with Gasteiger partial charge in [0, 0.05) is 11.3 Å². The number of benzene rings is 2. The summed E-state index contributed by atoms with van der Waals surface area (Å²) in [7, 11) is 0. The molecule has 0 saturated heterocycles. The molecule has 0 aliphatic heterocycles. The van der Waals surface area contributed by atoms with E-state index in [9.17, 15) is 9.59 Å². The maximum Gasteiger partial charge on any atom is 0.313 e. The molecule has 2 N–H and O–H groups in total. The molecule has 0 aromatic heterocycles. The fourth-order valence-electron chi connectivity index (χ4n) is 2.87. The van der Waals surface area contributed by atoms with Gasteiger partial charge in [-0.25, -0.2) is 0 Å². The third kappa shape index (κ3) is 5.09. The normalized spacial score (nSPS) is 11.6. The van der Waals surface area contributed by atoms with E-state index in [-0.39, 0.29) is 6.04 Å². The van der Waals surface area contributed by atoms with E-state index in [1.807, 2.05) is 71.0 Å². The van der Waals surface area contributed by atoms with Crippen molar-refractivity contribution in [1.82, 2.24) is 5.32 Å². The Morgan fingerprint density at radius 1 is 0.962 bits per heavy atom. The number of hydrogen-bond acceptors (Lipinski definition) is 3. The molecule has 2 rings (SSSR count). The molecular weight excluding hydrogens is 328 g/mol. The van der Waals surface area contributed by atoms with Crippen molar-refractivity contribution in [3.63, 3.8) is 0 Å². The molecule has 2 aromatic rings. The zero-order valence-corrected chi connectivity index (χ0v) is 16.0. The highest BCUT2D eigenvalue weighted by atomic mass is 16.5. The first-order valence-electron chi connectivity index (χ1n) is 8.73. The van der Waals surface area contributed by atoms with Crippen LogP contribution in [0, 0.1) is 20.8 Å². The summed E-state index contributed by atoms with van der Waals surface area (Å²) in [5, 5.41) is 5.39. The molecule has 0 bridgehead atoms. The first-order chi connectivity index (χ1) is 12.3. The van der Waals surface area contributed by atoms with Crippen molar-refractivity contribution < 1.29 is 14.3 Å². The molecule has 0 fully saturated rings. The SMILES string of the molecule is CCOc1ccc(C)cc1C(C)NC(=O)C(=O)Nc1cc(C)cc(C)c1. The number of anilines is 1. The molecule has 138 valence electrons. The number of carbonyl (C=O) groups is 2. The molecular formula is C21H26N2O3. The van der Waals surface area contributed by atoms with Gasteiger partial charge in [0.15, 0.2) is 0 Å². The fraction of sp³-hybridized carbons (Fsp3) is 0.333. The maximum atomic E-state index is 12.3. The van der Waals surface area contributed by atoms with Gasteiger partial charge in [0.1, 0.15) is 5.75 Å². The van der Waals surface area contributed by atoms with Gasteiger partial charge in [-0.1, -0.05) is 23.8 Å². The first-order valence-corrected chi connectivity index (χ1v) is 8.73. The van der Waals surface area contributed by atoms with E-state index in [0.29, 0.717) is 18.0 Å². The molecule has 0 aliphatic rings. The largest absolute Gasteiger partial charge is 0.494 e. The Bertz CT molecular complexity index is 795. The molecule has 5 heteroatoms. The summed E-state index contributed by atoms with van der Waals surface area (Å²) >= 11 is 0. The van der Waals surface area contributed by atoms with Gasteiger partial charge in [-0.2, -0.15) is 0 Å². The highest BCUT2D eigenvalue weighted by Crippen LogP contribution is 2.26. The van der Waals surface area contributed by atoms with Crippen LogP contribution >= 0.6 is 0 Å². The van der Waals surface area contributed by atoms with Gasteiger partial charge in [-0.05, 0) is 63.9 Å². The predicted octanol–water partition coefficient (Wildman–Crippen LogP) is 3.83. The van der Waals surface area contributed by atoms with E-state index < -0.39 is 11.8 Å². The van der Waals surface area contributed by atoms with Gasteiger partial charge in [0.25, 0.3) is 0 Å². The lowest BCUT2D eigenvalue weighted by Crippen LogP contribution is -2.37. The van der Waals surface area contributed by atoms with Crippen molar-refractivity contribution >= 4 is 17.5 Å². The summed E-state index contributed by atoms with van der Waals surface area (Å²) in [6.45, 7) is 10.1. The lowest BCUT2D eigenvalue weighted by atomic mass is 10.0.